The van der Waals surface area contributed by atoms with Crippen LogP contribution in [-0.4, -0.2) is 47.0 Å². The molecular weight excluding hydrogens is 413 g/mol. The molecule has 3 aliphatic rings. The maximum Gasteiger partial charge on any atom is 0.308 e. The number of nitrogens with zero attached hydrogens (tertiary/aromatic N) is 1. The smallest absolute Gasteiger partial charge is 0.308 e. The van der Waals surface area contributed by atoms with Gasteiger partial charge in [0, 0.05) is 24.4 Å². The Morgan fingerprint density at radius 2 is 1.70 bits per heavy atom. The molecule has 8 heteroatoms. The Morgan fingerprint density at radius 1 is 1.10 bits per heavy atom. The summed E-state index contributed by atoms with van der Waals surface area (Å²) in [6.07, 6.45) is 1.77. The van der Waals surface area contributed by atoms with Gasteiger partial charge in [-0.15, -0.1) is 11.6 Å². The second kappa shape index (κ2) is 8.46. The molecule has 2 aliphatic carbocycles. The van der Waals surface area contributed by atoms with Gasteiger partial charge in [0.05, 0.1) is 18.3 Å². The number of alkyl halides is 1. The number of carbonyl (C=O) groups excluding carboxylic acids is 4. The Bertz CT molecular complexity index is 845. The van der Waals surface area contributed by atoms with Crippen LogP contribution in [0.2, 0.25) is 0 Å². The molecule has 2 bridgehead atoms. The van der Waals surface area contributed by atoms with E-state index in [-0.39, 0.29) is 66.3 Å². The zero-order valence-electron chi connectivity index (χ0n) is 16.4. The largest absolute Gasteiger partial charge is 0.454 e. The fourth-order valence-corrected chi connectivity index (χ4v) is 5.45. The zero-order chi connectivity index (χ0) is 21.4. The molecule has 1 aromatic rings. The first-order valence-electron chi connectivity index (χ1n) is 10.3. The average Bonchev–Trinajstić information content (AvgIpc) is 3.40. The van der Waals surface area contributed by atoms with Crippen molar-refractivity contribution in [2.75, 3.05) is 12.4 Å². The summed E-state index contributed by atoms with van der Waals surface area (Å²) >= 11 is 5.74. The molecule has 160 valence electrons. The summed E-state index contributed by atoms with van der Waals surface area (Å²) in [5.41, 5.74) is 0.215. The number of ketones is 1. The summed E-state index contributed by atoms with van der Waals surface area (Å²) < 4.78 is 18.4. The SMILES string of the molecule is O=C(CCN1C(=O)[C@H]2[C@@H]3CC[C@@H](C3)[C@@H]2C1=O)O[C@H](CCCl)C(=O)c1ccc(F)cc1. The van der Waals surface area contributed by atoms with Gasteiger partial charge in [-0.25, -0.2) is 4.39 Å². The van der Waals surface area contributed by atoms with Crippen LogP contribution >= 0.6 is 11.6 Å². The number of carbonyl (C=O) groups is 4. The quantitative estimate of drug-likeness (QED) is 0.271. The minimum atomic E-state index is -1.10. The molecule has 30 heavy (non-hydrogen) atoms. The topological polar surface area (TPSA) is 80.8 Å². The van der Waals surface area contributed by atoms with Crippen molar-refractivity contribution in [2.45, 2.75) is 38.2 Å². The third-order valence-corrected chi connectivity index (χ3v) is 6.84. The molecule has 0 radical (unpaired) electrons. The molecule has 1 aromatic carbocycles. The Balaban J connectivity index is 1.35. The second-order valence-corrected chi connectivity index (χ2v) is 8.67. The molecular formula is C22H23ClFNO5. The van der Waals surface area contributed by atoms with Gasteiger partial charge in [0.25, 0.3) is 0 Å². The average molecular weight is 436 g/mol. The van der Waals surface area contributed by atoms with Crippen molar-refractivity contribution in [3.63, 3.8) is 0 Å². The van der Waals surface area contributed by atoms with E-state index in [1.807, 2.05) is 0 Å². The number of hydrogen-bond donors (Lipinski definition) is 0. The number of halogens is 2. The number of likely N-dealkylation sites (tertiary alicyclic amines) is 1. The predicted octanol–water partition coefficient (Wildman–Crippen LogP) is 2.97. The third-order valence-electron chi connectivity index (χ3n) is 6.62. The molecule has 0 aromatic heterocycles. The van der Waals surface area contributed by atoms with Gasteiger partial charge in [-0.05, 0) is 55.4 Å². The Kier molecular flexibility index (Phi) is 5.91. The number of amides is 2. The van der Waals surface area contributed by atoms with Gasteiger partial charge in [-0.2, -0.15) is 0 Å². The number of fused-ring (bicyclic) bond motifs is 5. The van der Waals surface area contributed by atoms with E-state index in [9.17, 15) is 23.6 Å². The molecule has 5 atom stereocenters. The number of Topliss-reactive ketones (excluding diaryl/α,β-unsaturated/α-hetero) is 1. The van der Waals surface area contributed by atoms with Crippen LogP contribution in [-0.2, 0) is 19.1 Å². The summed E-state index contributed by atoms with van der Waals surface area (Å²) in [5.74, 6) is -1.76. The lowest BCUT2D eigenvalue weighted by molar-refractivity contribution is -0.148. The molecule has 4 rings (SSSR count). The third kappa shape index (κ3) is 3.75. The van der Waals surface area contributed by atoms with E-state index < -0.39 is 23.7 Å². The van der Waals surface area contributed by atoms with Gasteiger partial charge in [-0.1, -0.05) is 0 Å². The molecule has 1 aliphatic heterocycles. The van der Waals surface area contributed by atoms with Gasteiger partial charge in [-0.3, -0.25) is 24.1 Å². The molecule has 2 amide bonds. The van der Waals surface area contributed by atoms with Crippen molar-refractivity contribution in [3.8, 4) is 0 Å². The number of ether oxygens (including phenoxy) is 1. The number of imide groups is 1. The van der Waals surface area contributed by atoms with E-state index in [1.165, 1.54) is 17.0 Å². The first-order chi connectivity index (χ1) is 14.4. The van der Waals surface area contributed by atoms with Crippen LogP contribution in [0.15, 0.2) is 24.3 Å². The van der Waals surface area contributed by atoms with Crippen LogP contribution in [0.25, 0.3) is 0 Å². The molecule has 1 saturated heterocycles. The van der Waals surface area contributed by atoms with Crippen molar-refractivity contribution in [1.29, 1.82) is 0 Å². The minimum absolute atomic E-state index is 0.0404. The van der Waals surface area contributed by atoms with E-state index in [0.29, 0.717) is 0 Å². The highest BCUT2D eigenvalue weighted by molar-refractivity contribution is 6.18. The van der Waals surface area contributed by atoms with Crippen LogP contribution in [0.1, 0.15) is 42.5 Å². The van der Waals surface area contributed by atoms with Crippen molar-refractivity contribution < 1.29 is 28.3 Å². The minimum Gasteiger partial charge on any atom is -0.454 e. The van der Waals surface area contributed by atoms with Gasteiger partial charge >= 0.3 is 5.97 Å². The normalized spacial score (nSPS) is 28.0. The molecule has 6 nitrogen and oxygen atoms in total. The summed E-state index contributed by atoms with van der Waals surface area (Å²) in [5, 5.41) is 0. The zero-order valence-corrected chi connectivity index (χ0v) is 17.1. The van der Waals surface area contributed by atoms with Gasteiger partial charge < -0.3 is 4.74 Å². The fourth-order valence-electron chi connectivity index (χ4n) is 5.25. The second-order valence-electron chi connectivity index (χ2n) is 8.29. The van der Waals surface area contributed by atoms with Gasteiger partial charge in [0.2, 0.25) is 17.6 Å². The van der Waals surface area contributed by atoms with E-state index in [0.717, 1.165) is 31.4 Å². The van der Waals surface area contributed by atoms with Crippen LogP contribution < -0.4 is 0 Å². The van der Waals surface area contributed by atoms with Crippen molar-refractivity contribution in [1.82, 2.24) is 4.90 Å². The van der Waals surface area contributed by atoms with Gasteiger partial charge in [0.15, 0.2) is 6.10 Å². The molecule has 3 fully saturated rings. The number of hydrogen-bond acceptors (Lipinski definition) is 5. The van der Waals surface area contributed by atoms with E-state index in [2.05, 4.69) is 0 Å². The highest BCUT2D eigenvalue weighted by Gasteiger charge is 2.60. The van der Waals surface area contributed by atoms with Crippen molar-refractivity contribution in [2.24, 2.45) is 23.7 Å². The summed E-state index contributed by atoms with van der Waals surface area (Å²) in [6.45, 7) is -0.0404. The monoisotopic (exact) mass is 435 g/mol. The lowest BCUT2D eigenvalue weighted by Crippen LogP contribution is -2.36. The summed E-state index contributed by atoms with van der Waals surface area (Å²) in [4.78, 5) is 51.5. The number of benzene rings is 1. The Hall–Kier alpha value is -2.28. The molecule has 1 heterocycles. The first kappa shape index (κ1) is 21.0. The Labute approximate surface area is 178 Å². The highest BCUT2D eigenvalue weighted by atomic mass is 35.5. The lowest BCUT2D eigenvalue weighted by Gasteiger charge is -2.19. The van der Waals surface area contributed by atoms with Crippen molar-refractivity contribution in [3.05, 3.63) is 35.6 Å². The maximum atomic E-state index is 13.1. The summed E-state index contributed by atoms with van der Waals surface area (Å²) in [7, 11) is 0. The first-order valence-corrected chi connectivity index (χ1v) is 10.8. The maximum absolute atomic E-state index is 13.1. The molecule has 0 spiro atoms. The van der Waals surface area contributed by atoms with Crippen molar-refractivity contribution >= 4 is 35.2 Å². The van der Waals surface area contributed by atoms with Crippen LogP contribution in [0.4, 0.5) is 4.39 Å². The van der Waals surface area contributed by atoms with E-state index in [1.54, 1.807) is 0 Å². The summed E-state index contributed by atoms with van der Waals surface area (Å²) in [6, 6.07) is 4.95. The fraction of sp³-hybridized carbons (Fsp3) is 0.545. The number of rotatable bonds is 8. The number of esters is 1. The van der Waals surface area contributed by atoms with Crippen LogP contribution in [0.5, 0.6) is 0 Å². The highest BCUT2D eigenvalue weighted by Crippen LogP contribution is 2.56. The molecule has 0 N–H and O–H groups in total. The Morgan fingerprint density at radius 3 is 2.27 bits per heavy atom. The van der Waals surface area contributed by atoms with Crippen LogP contribution in [0.3, 0.4) is 0 Å². The van der Waals surface area contributed by atoms with E-state index in [4.69, 9.17) is 16.3 Å². The van der Waals surface area contributed by atoms with Gasteiger partial charge in [0.1, 0.15) is 5.82 Å². The lowest BCUT2D eigenvalue weighted by atomic mass is 9.81. The van der Waals surface area contributed by atoms with Crippen LogP contribution in [0, 0.1) is 29.5 Å². The molecule has 0 unspecified atom stereocenters. The predicted molar refractivity (Wildman–Crippen MR) is 105 cm³/mol. The van der Waals surface area contributed by atoms with E-state index >= 15 is 0 Å². The molecule has 2 saturated carbocycles. The standard InChI is InChI=1S/C22H23ClFNO5/c23-9-7-16(20(27)12-3-5-15(24)6-4-12)30-17(26)8-10-25-21(28)18-13-1-2-14(11-13)19(18)22(25)29/h3-6,13-14,16,18-19H,1-2,7-11H2/t13-,14+,16-,18+,19+/m1/s1.